The van der Waals surface area contributed by atoms with Gasteiger partial charge in [0.1, 0.15) is 0 Å². The van der Waals surface area contributed by atoms with Crippen LogP contribution in [0.2, 0.25) is 0 Å². The lowest BCUT2D eigenvalue weighted by atomic mass is 9.49. The standard InChI is InChI=1S/C18H30N2O/c1-20(17(21)16-4-2-3-5-19-16)12-18-9-13-6-14(10-18)8-15(7-13)11-18/h13-16,19H,2-12H2,1H3/t13?,14?,15?,16-,18?/m1/s1. The summed E-state index contributed by atoms with van der Waals surface area (Å²) >= 11 is 0. The average Bonchev–Trinajstić information content (AvgIpc) is 2.45. The number of rotatable bonds is 3. The third-order valence-corrected chi connectivity index (χ3v) is 6.72. The van der Waals surface area contributed by atoms with Crippen molar-refractivity contribution >= 4 is 5.91 Å². The van der Waals surface area contributed by atoms with Crippen LogP contribution in [0.1, 0.15) is 57.8 Å². The van der Waals surface area contributed by atoms with Gasteiger partial charge < -0.3 is 10.2 Å². The number of hydrogen-bond donors (Lipinski definition) is 1. The lowest BCUT2D eigenvalue weighted by Gasteiger charge is -2.57. The van der Waals surface area contributed by atoms with Crippen LogP contribution in [0, 0.1) is 23.2 Å². The van der Waals surface area contributed by atoms with Crippen LogP contribution in [0.4, 0.5) is 0 Å². The van der Waals surface area contributed by atoms with E-state index in [1.54, 1.807) is 0 Å². The van der Waals surface area contributed by atoms with Crippen LogP contribution < -0.4 is 5.32 Å². The summed E-state index contributed by atoms with van der Waals surface area (Å²) in [5, 5.41) is 3.42. The van der Waals surface area contributed by atoms with Crippen molar-refractivity contribution in [1.29, 1.82) is 0 Å². The van der Waals surface area contributed by atoms with Crippen LogP contribution in [0.15, 0.2) is 0 Å². The highest BCUT2D eigenvalue weighted by atomic mass is 16.2. The van der Waals surface area contributed by atoms with Gasteiger partial charge in [-0.05, 0) is 81.1 Å². The monoisotopic (exact) mass is 290 g/mol. The van der Waals surface area contributed by atoms with E-state index in [1.165, 1.54) is 51.4 Å². The summed E-state index contributed by atoms with van der Waals surface area (Å²) in [7, 11) is 2.05. The lowest BCUT2D eigenvalue weighted by molar-refractivity contribution is -0.138. The van der Waals surface area contributed by atoms with E-state index in [0.717, 1.165) is 37.3 Å². The first-order chi connectivity index (χ1) is 10.1. The van der Waals surface area contributed by atoms with E-state index in [1.807, 2.05) is 0 Å². The fraction of sp³-hybridized carbons (Fsp3) is 0.944. The second-order valence-electron chi connectivity index (χ2n) is 8.61. The number of hydrogen-bond acceptors (Lipinski definition) is 2. The zero-order valence-corrected chi connectivity index (χ0v) is 13.4. The maximum absolute atomic E-state index is 12.7. The maximum atomic E-state index is 12.7. The molecule has 118 valence electrons. The molecule has 0 aromatic rings. The molecule has 5 rings (SSSR count). The number of likely N-dealkylation sites (N-methyl/N-ethyl adjacent to an activating group) is 1. The van der Waals surface area contributed by atoms with Crippen molar-refractivity contribution in [3.05, 3.63) is 0 Å². The summed E-state index contributed by atoms with van der Waals surface area (Å²) in [5.74, 6) is 3.29. The van der Waals surface area contributed by atoms with Crippen molar-refractivity contribution in [2.75, 3.05) is 20.1 Å². The first-order valence-corrected chi connectivity index (χ1v) is 9.12. The van der Waals surface area contributed by atoms with Crippen LogP contribution >= 0.6 is 0 Å². The minimum Gasteiger partial charge on any atom is -0.344 e. The molecule has 0 aromatic heterocycles. The summed E-state index contributed by atoms with van der Waals surface area (Å²) < 4.78 is 0. The normalized spacial score (nSPS) is 44.8. The van der Waals surface area contributed by atoms with Crippen molar-refractivity contribution in [3.8, 4) is 0 Å². The summed E-state index contributed by atoms with van der Waals surface area (Å²) in [5.41, 5.74) is 0.480. The molecule has 4 saturated carbocycles. The second kappa shape index (κ2) is 5.26. The van der Waals surface area contributed by atoms with E-state index in [0.29, 0.717) is 11.3 Å². The van der Waals surface area contributed by atoms with Gasteiger partial charge in [0.2, 0.25) is 5.91 Å². The molecule has 1 heterocycles. The number of carbonyl (C=O) groups is 1. The van der Waals surface area contributed by atoms with Crippen LogP contribution in [-0.4, -0.2) is 37.0 Å². The van der Waals surface area contributed by atoms with Crippen molar-refractivity contribution in [2.45, 2.75) is 63.8 Å². The molecule has 0 aromatic carbocycles. The van der Waals surface area contributed by atoms with E-state index in [4.69, 9.17) is 0 Å². The number of amides is 1. The number of nitrogens with one attached hydrogen (secondary N) is 1. The molecule has 3 heteroatoms. The predicted molar refractivity (Wildman–Crippen MR) is 83.9 cm³/mol. The van der Waals surface area contributed by atoms with Crippen molar-refractivity contribution in [2.24, 2.45) is 23.2 Å². The first-order valence-electron chi connectivity index (χ1n) is 9.12. The molecule has 1 atom stereocenters. The predicted octanol–water partition coefficient (Wildman–Crippen LogP) is 2.80. The molecule has 5 fully saturated rings. The Kier molecular flexibility index (Phi) is 3.52. The number of carbonyl (C=O) groups excluding carboxylic acids is 1. The zero-order chi connectivity index (χ0) is 14.4. The van der Waals surface area contributed by atoms with Crippen LogP contribution in [-0.2, 0) is 4.79 Å². The van der Waals surface area contributed by atoms with Gasteiger partial charge in [0.15, 0.2) is 0 Å². The summed E-state index contributed by atoms with van der Waals surface area (Å²) in [6.45, 7) is 2.04. The molecule has 4 bridgehead atoms. The van der Waals surface area contributed by atoms with E-state index in [2.05, 4.69) is 17.3 Å². The van der Waals surface area contributed by atoms with Gasteiger partial charge in [0, 0.05) is 13.6 Å². The zero-order valence-electron chi connectivity index (χ0n) is 13.4. The molecule has 1 aliphatic heterocycles. The SMILES string of the molecule is CN(CC12CC3CC(CC(C3)C1)C2)C(=O)[C@H]1CCCCN1. The molecule has 4 aliphatic carbocycles. The molecule has 1 N–H and O–H groups in total. The summed E-state index contributed by atoms with van der Waals surface area (Å²) in [6.07, 6.45) is 12.1. The molecular formula is C18H30N2O. The Labute approximate surface area is 128 Å². The number of piperidine rings is 1. The lowest BCUT2D eigenvalue weighted by Crippen LogP contribution is -2.54. The van der Waals surface area contributed by atoms with Crippen LogP contribution in [0.3, 0.4) is 0 Å². The van der Waals surface area contributed by atoms with Crippen molar-refractivity contribution < 1.29 is 4.79 Å². The van der Waals surface area contributed by atoms with Gasteiger partial charge in [0.05, 0.1) is 6.04 Å². The van der Waals surface area contributed by atoms with E-state index in [-0.39, 0.29) is 6.04 Å². The van der Waals surface area contributed by atoms with Gasteiger partial charge in [-0.1, -0.05) is 6.42 Å². The first kappa shape index (κ1) is 14.0. The van der Waals surface area contributed by atoms with Gasteiger partial charge in [-0.2, -0.15) is 0 Å². The Hall–Kier alpha value is -0.570. The Morgan fingerprint density at radius 1 is 1.10 bits per heavy atom. The minimum absolute atomic E-state index is 0.0951. The Balaban J connectivity index is 1.41. The van der Waals surface area contributed by atoms with Crippen LogP contribution in [0.25, 0.3) is 0 Å². The molecule has 0 unspecified atom stereocenters. The highest BCUT2D eigenvalue weighted by molar-refractivity contribution is 5.81. The molecule has 5 aliphatic rings. The fourth-order valence-corrected chi connectivity index (χ4v) is 6.39. The second-order valence-corrected chi connectivity index (χ2v) is 8.61. The maximum Gasteiger partial charge on any atom is 0.239 e. The molecular weight excluding hydrogens is 260 g/mol. The Morgan fingerprint density at radius 2 is 1.71 bits per heavy atom. The Bertz CT molecular complexity index is 378. The highest BCUT2D eigenvalue weighted by Gasteiger charge is 2.51. The topological polar surface area (TPSA) is 32.3 Å². The van der Waals surface area contributed by atoms with Crippen molar-refractivity contribution in [3.63, 3.8) is 0 Å². The van der Waals surface area contributed by atoms with Gasteiger partial charge >= 0.3 is 0 Å². The average molecular weight is 290 g/mol. The highest BCUT2D eigenvalue weighted by Crippen LogP contribution is 2.60. The van der Waals surface area contributed by atoms with Crippen molar-refractivity contribution in [1.82, 2.24) is 10.2 Å². The summed E-state index contributed by atoms with van der Waals surface area (Å²) in [4.78, 5) is 14.8. The quantitative estimate of drug-likeness (QED) is 0.867. The third-order valence-electron chi connectivity index (χ3n) is 6.72. The molecule has 0 radical (unpaired) electrons. The van der Waals surface area contributed by atoms with E-state index in [9.17, 15) is 4.79 Å². The molecule has 1 saturated heterocycles. The van der Waals surface area contributed by atoms with Gasteiger partial charge in [-0.15, -0.1) is 0 Å². The van der Waals surface area contributed by atoms with Gasteiger partial charge in [0.25, 0.3) is 0 Å². The largest absolute Gasteiger partial charge is 0.344 e. The summed E-state index contributed by atoms with van der Waals surface area (Å²) in [6, 6.07) is 0.0951. The number of nitrogens with zero attached hydrogens (tertiary/aromatic N) is 1. The van der Waals surface area contributed by atoms with Crippen LogP contribution in [0.5, 0.6) is 0 Å². The smallest absolute Gasteiger partial charge is 0.239 e. The molecule has 3 nitrogen and oxygen atoms in total. The van der Waals surface area contributed by atoms with E-state index < -0.39 is 0 Å². The molecule has 0 spiro atoms. The van der Waals surface area contributed by atoms with Gasteiger partial charge in [-0.25, -0.2) is 0 Å². The van der Waals surface area contributed by atoms with Gasteiger partial charge in [-0.3, -0.25) is 4.79 Å². The Morgan fingerprint density at radius 3 is 2.24 bits per heavy atom. The molecule has 21 heavy (non-hydrogen) atoms. The fourth-order valence-electron chi connectivity index (χ4n) is 6.39. The minimum atomic E-state index is 0.0951. The van der Waals surface area contributed by atoms with E-state index >= 15 is 0 Å². The third kappa shape index (κ3) is 2.62. The molecule has 1 amide bonds.